The minimum absolute atomic E-state index is 0.0671. The van der Waals surface area contributed by atoms with Gasteiger partial charge in [-0.15, -0.1) is 0 Å². The number of hydrogen-bond acceptors (Lipinski definition) is 3. The van der Waals surface area contributed by atoms with E-state index in [0.29, 0.717) is 5.78 Å². The van der Waals surface area contributed by atoms with Gasteiger partial charge >= 0.3 is 0 Å². The third-order valence-electron chi connectivity index (χ3n) is 5.72. The van der Waals surface area contributed by atoms with Crippen LogP contribution in [0.3, 0.4) is 0 Å². The van der Waals surface area contributed by atoms with E-state index >= 15 is 0 Å². The predicted molar refractivity (Wildman–Crippen MR) is 70.2 cm³/mol. The summed E-state index contributed by atoms with van der Waals surface area (Å²) in [6, 6.07) is 0.0742. The van der Waals surface area contributed by atoms with E-state index in [0.717, 1.165) is 51.6 Å². The van der Waals surface area contributed by atoms with E-state index in [9.17, 15) is 4.79 Å². The number of ether oxygens (including phenoxy) is 1. The molecule has 3 fully saturated rings. The minimum Gasteiger partial charge on any atom is -0.375 e. The predicted octanol–water partition coefficient (Wildman–Crippen LogP) is 2.42. The molecule has 0 aromatic rings. The highest BCUT2D eigenvalue weighted by Gasteiger charge is 2.50. The van der Waals surface area contributed by atoms with Gasteiger partial charge in [-0.25, -0.2) is 0 Å². The molecule has 3 nitrogen and oxygen atoms in total. The van der Waals surface area contributed by atoms with Crippen LogP contribution >= 0.6 is 0 Å². The van der Waals surface area contributed by atoms with E-state index in [1.807, 2.05) is 0 Å². The number of carbonyl (C=O) groups is 1. The molecule has 18 heavy (non-hydrogen) atoms. The lowest BCUT2D eigenvalue weighted by Crippen LogP contribution is -2.51. The Labute approximate surface area is 109 Å². The summed E-state index contributed by atoms with van der Waals surface area (Å²) in [5.41, 5.74) is 5.99. The third-order valence-corrected chi connectivity index (χ3v) is 5.72. The highest BCUT2D eigenvalue weighted by Crippen LogP contribution is 2.48. The highest BCUT2D eigenvalue weighted by molar-refractivity contribution is 5.88. The molecular weight excluding hydrogens is 226 g/mol. The molecule has 1 saturated heterocycles. The molecule has 2 saturated carbocycles. The quantitative estimate of drug-likeness (QED) is 0.820. The summed E-state index contributed by atoms with van der Waals surface area (Å²) >= 11 is 0. The zero-order valence-electron chi connectivity index (χ0n) is 11.4. The lowest BCUT2D eigenvalue weighted by molar-refractivity contribution is -0.161. The molecule has 3 rings (SSSR count). The molecule has 1 spiro atoms. The number of ketones is 1. The molecule has 1 heterocycles. The monoisotopic (exact) mass is 251 g/mol. The van der Waals surface area contributed by atoms with Crippen LogP contribution in [0.4, 0.5) is 0 Å². The molecule has 0 amide bonds. The number of carbonyl (C=O) groups excluding carboxylic acids is 1. The van der Waals surface area contributed by atoms with Gasteiger partial charge in [-0.1, -0.05) is 13.3 Å². The van der Waals surface area contributed by atoms with E-state index in [1.54, 1.807) is 0 Å². The lowest BCUT2D eigenvalue weighted by Gasteiger charge is -2.48. The molecule has 3 unspecified atom stereocenters. The van der Waals surface area contributed by atoms with Gasteiger partial charge in [0.05, 0.1) is 5.60 Å². The van der Waals surface area contributed by atoms with Gasteiger partial charge in [0.1, 0.15) is 5.78 Å². The first kappa shape index (κ1) is 12.6. The van der Waals surface area contributed by atoms with Crippen LogP contribution in [-0.2, 0) is 9.53 Å². The Morgan fingerprint density at radius 1 is 1.22 bits per heavy atom. The van der Waals surface area contributed by atoms with Gasteiger partial charge in [-0.3, -0.25) is 4.79 Å². The number of rotatable bonds is 2. The molecule has 2 aliphatic carbocycles. The van der Waals surface area contributed by atoms with Gasteiger partial charge in [-0.2, -0.15) is 0 Å². The van der Waals surface area contributed by atoms with Crippen LogP contribution in [-0.4, -0.2) is 24.0 Å². The summed E-state index contributed by atoms with van der Waals surface area (Å²) in [6.45, 7) is 2.86. The zero-order valence-corrected chi connectivity index (χ0v) is 11.4. The zero-order chi connectivity index (χ0) is 12.8. The molecule has 0 radical (unpaired) electrons. The second kappa shape index (κ2) is 4.31. The van der Waals surface area contributed by atoms with Crippen molar-refractivity contribution in [2.24, 2.45) is 17.1 Å². The van der Waals surface area contributed by atoms with Crippen LogP contribution in [0.2, 0.25) is 0 Å². The van der Waals surface area contributed by atoms with Gasteiger partial charge in [0.2, 0.25) is 0 Å². The van der Waals surface area contributed by atoms with Crippen LogP contribution in [0.15, 0.2) is 0 Å². The molecule has 2 N–H and O–H groups in total. The summed E-state index contributed by atoms with van der Waals surface area (Å²) in [5.74, 6) is 0.635. The van der Waals surface area contributed by atoms with Crippen LogP contribution in [0.25, 0.3) is 0 Å². The summed E-state index contributed by atoms with van der Waals surface area (Å²) in [6.07, 6.45) is 8.53. The van der Waals surface area contributed by atoms with Gasteiger partial charge in [0.15, 0.2) is 0 Å². The molecule has 3 atom stereocenters. The topological polar surface area (TPSA) is 52.3 Å². The summed E-state index contributed by atoms with van der Waals surface area (Å²) in [4.78, 5) is 12.8. The standard InChI is InChI=1S/C15H25NO2/c1-14(6-2-4-12(14)16)13(17)11-5-9-18-15(10-11)7-3-8-15/h11-12H,2-10,16H2,1H3. The molecule has 3 aliphatic rings. The SMILES string of the molecule is CC1(C(=O)C2CCOC3(CCC3)C2)CCCC1N. The van der Waals surface area contributed by atoms with Crippen molar-refractivity contribution in [1.82, 2.24) is 0 Å². The molecule has 0 aromatic heterocycles. The first-order chi connectivity index (χ1) is 8.56. The van der Waals surface area contributed by atoms with Crippen LogP contribution in [0.5, 0.6) is 0 Å². The fourth-order valence-corrected chi connectivity index (χ4v) is 4.14. The number of hydrogen-bond donors (Lipinski definition) is 1. The van der Waals surface area contributed by atoms with Crippen molar-refractivity contribution in [2.75, 3.05) is 6.61 Å². The Hall–Kier alpha value is -0.410. The van der Waals surface area contributed by atoms with Crippen molar-refractivity contribution in [2.45, 2.75) is 69.9 Å². The fraction of sp³-hybridized carbons (Fsp3) is 0.933. The summed E-state index contributed by atoms with van der Waals surface area (Å²) in [7, 11) is 0. The fourth-order valence-electron chi connectivity index (χ4n) is 4.14. The maximum atomic E-state index is 12.8. The van der Waals surface area contributed by atoms with E-state index in [4.69, 9.17) is 10.5 Å². The van der Waals surface area contributed by atoms with E-state index in [1.165, 1.54) is 6.42 Å². The van der Waals surface area contributed by atoms with Gasteiger partial charge in [0, 0.05) is 24.0 Å². The molecule has 3 heteroatoms. The Kier molecular flexibility index (Phi) is 3.02. The largest absolute Gasteiger partial charge is 0.375 e. The number of Topliss-reactive ketones (excluding diaryl/α,β-unsaturated/α-hetero) is 1. The minimum atomic E-state index is -0.257. The Bertz CT molecular complexity index is 350. The maximum absolute atomic E-state index is 12.8. The third kappa shape index (κ3) is 1.83. The van der Waals surface area contributed by atoms with Crippen molar-refractivity contribution >= 4 is 5.78 Å². The molecule has 102 valence electrons. The maximum Gasteiger partial charge on any atom is 0.143 e. The first-order valence-corrected chi connectivity index (χ1v) is 7.50. The van der Waals surface area contributed by atoms with E-state index < -0.39 is 0 Å². The first-order valence-electron chi connectivity index (χ1n) is 7.50. The molecule has 0 aromatic carbocycles. The Balaban J connectivity index is 1.72. The Morgan fingerprint density at radius 3 is 2.56 bits per heavy atom. The molecule has 1 aliphatic heterocycles. The molecular formula is C15H25NO2. The molecule has 0 bridgehead atoms. The highest BCUT2D eigenvalue weighted by atomic mass is 16.5. The van der Waals surface area contributed by atoms with Gasteiger partial charge < -0.3 is 10.5 Å². The normalized spacial score (nSPS) is 42.8. The van der Waals surface area contributed by atoms with E-state index in [-0.39, 0.29) is 23.0 Å². The van der Waals surface area contributed by atoms with Crippen molar-refractivity contribution in [3.8, 4) is 0 Å². The van der Waals surface area contributed by atoms with Crippen molar-refractivity contribution in [3.05, 3.63) is 0 Å². The average molecular weight is 251 g/mol. The van der Waals surface area contributed by atoms with Gasteiger partial charge in [0.25, 0.3) is 0 Å². The van der Waals surface area contributed by atoms with Crippen molar-refractivity contribution < 1.29 is 9.53 Å². The van der Waals surface area contributed by atoms with Crippen LogP contribution in [0.1, 0.15) is 58.3 Å². The summed E-state index contributed by atoms with van der Waals surface area (Å²) in [5, 5.41) is 0. The second-order valence-corrected chi connectivity index (χ2v) is 6.86. The van der Waals surface area contributed by atoms with E-state index in [2.05, 4.69) is 6.92 Å². The second-order valence-electron chi connectivity index (χ2n) is 6.86. The lowest BCUT2D eigenvalue weighted by atomic mass is 9.66. The summed E-state index contributed by atoms with van der Waals surface area (Å²) < 4.78 is 5.92. The number of nitrogens with two attached hydrogens (primary N) is 1. The van der Waals surface area contributed by atoms with Crippen molar-refractivity contribution in [1.29, 1.82) is 0 Å². The van der Waals surface area contributed by atoms with Crippen molar-refractivity contribution in [3.63, 3.8) is 0 Å². The van der Waals surface area contributed by atoms with Crippen LogP contribution < -0.4 is 5.73 Å². The van der Waals surface area contributed by atoms with Gasteiger partial charge in [-0.05, 0) is 44.9 Å². The average Bonchev–Trinajstić information content (AvgIpc) is 2.68. The van der Waals surface area contributed by atoms with Crippen LogP contribution in [0, 0.1) is 11.3 Å². The Morgan fingerprint density at radius 2 is 2.00 bits per heavy atom. The smallest absolute Gasteiger partial charge is 0.143 e.